The fourth-order valence-electron chi connectivity index (χ4n) is 1.26. The number of nitrogens with two attached hydrogens (primary N) is 1. The van der Waals surface area contributed by atoms with E-state index in [1.807, 2.05) is 0 Å². The summed E-state index contributed by atoms with van der Waals surface area (Å²) in [4.78, 5) is 13.0. The first-order valence-corrected chi connectivity index (χ1v) is 6.75. The van der Waals surface area contributed by atoms with Crippen molar-refractivity contribution in [2.45, 2.75) is 11.2 Å². The monoisotopic (exact) mass is 306 g/mol. The van der Waals surface area contributed by atoms with E-state index in [2.05, 4.69) is 9.71 Å². The first-order chi connectivity index (χ1) is 9.31. The molecule has 0 saturated heterocycles. The number of nitrogens with one attached hydrogen (secondary N) is 1. The van der Waals surface area contributed by atoms with Gasteiger partial charge in [0.15, 0.2) is 6.29 Å². The number of anilines is 1. The number of methoxy groups -OCH3 is 2. The molecule has 1 heterocycles. The van der Waals surface area contributed by atoms with Gasteiger partial charge in [0.05, 0.1) is 11.5 Å². The van der Waals surface area contributed by atoms with Crippen LogP contribution in [0.15, 0.2) is 17.2 Å². The van der Waals surface area contributed by atoms with Gasteiger partial charge in [-0.15, -0.1) is 0 Å². The third kappa shape index (κ3) is 3.84. The highest BCUT2D eigenvalue weighted by molar-refractivity contribution is 7.89. The summed E-state index contributed by atoms with van der Waals surface area (Å²) in [5, 5.41) is 10.7. The van der Waals surface area contributed by atoms with Crippen molar-refractivity contribution in [2.75, 3.05) is 26.5 Å². The van der Waals surface area contributed by atoms with E-state index >= 15 is 0 Å². The smallest absolute Gasteiger partial charge is 0.312 e. The van der Waals surface area contributed by atoms with E-state index in [0.29, 0.717) is 0 Å². The van der Waals surface area contributed by atoms with Crippen molar-refractivity contribution in [1.29, 1.82) is 0 Å². The van der Waals surface area contributed by atoms with Crippen molar-refractivity contribution in [2.24, 2.45) is 0 Å². The van der Waals surface area contributed by atoms with Crippen LogP contribution in [-0.4, -0.2) is 45.4 Å². The van der Waals surface area contributed by atoms with Crippen LogP contribution in [0.4, 0.5) is 11.5 Å². The van der Waals surface area contributed by atoms with Gasteiger partial charge in [-0.2, -0.15) is 0 Å². The fourth-order valence-corrected chi connectivity index (χ4v) is 2.24. The molecule has 1 aromatic rings. The number of hydrogen-bond donors (Lipinski definition) is 2. The van der Waals surface area contributed by atoms with Gasteiger partial charge in [-0.3, -0.25) is 10.1 Å². The largest absolute Gasteiger partial charge is 0.378 e. The fraction of sp³-hybridized carbons (Fsp3) is 0.444. The average molecular weight is 306 g/mol. The second kappa shape index (κ2) is 6.56. The maximum atomic E-state index is 11.9. The quantitative estimate of drug-likeness (QED) is 0.388. The molecular formula is C9H14N4O6S. The van der Waals surface area contributed by atoms with E-state index in [9.17, 15) is 18.5 Å². The molecule has 1 rings (SSSR count). The Labute approximate surface area is 115 Å². The molecule has 0 aliphatic heterocycles. The molecular weight excluding hydrogens is 292 g/mol. The first-order valence-electron chi connectivity index (χ1n) is 5.27. The maximum Gasteiger partial charge on any atom is 0.312 e. The van der Waals surface area contributed by atoms with Gasteiger partial charge < -0.3 is 15.2 Å². The number of sulfonamides is 1. The van der Waals surface area contributed by atoms with E-state index in [1.54, 1.807) is 0 Å². The number of nitro groups is 1. The Morgan fingerprint density at radius 1 is 1.50 bits per heavy atom. The number of pyridine rings is 1. The van der Waals surface area contributed by atoms with Crippen LogP contribution in [0.25, 0.3) is 0 Å². The van der Waals surface area contributed by atoms with Crippen LogP contribution in [0.1, 0.15) is 0 Å². The summed E-state index contributed by atoms with van der Waals surface area (Å²) in [6.45, 7) is -0.159. The van der Waals surface area contributed by atoms with E-state index in [0.717, 1.165) is 12.3 Å². The van der Waals surface area contributed by atoms with Crippen LogP contribution in [-0.2, 0) is 19.5 Å². The predicted molar refractivity (Wildman–Crippen MR) is 68.3 cm³/mol. The zero-order valence-electron chi connectivity index (χ0n) is 10.8. The molecule has 0 atom stereocenters. The third-order valence-electron chi connectivity index (χ3n) is 2.35. The van der Waals surface area contributed by atoms with Gasteiger partial charge in [-0.1, -0.05) is 0 Å². The van der Waals surface area contributed by atoms with Gasteiger partial charge in [0.1, 0.15) is 4.90 Å². The van der Waals surface area contributed by atoms with Gasteiger partial charge >= 0.3 is 5.69 Å². The van der Waals surface area contributed by atoms with Gasteiger partial charge in [0, 0.05) is 26.5 Å². The Morgan fingerprint density at radius 2 is 2.10 bits per heavy atom. The summed E-state index contributed by atoms with van der Waals surface area (Å²) >= 11 is 0. The van der Waals surface area contributed by atoms with E-state index in [4.69, 9.17) is 15.2 Å². The Balaban J connectivity index is 2.98. The zero-order chi connectivity index (χ0) is 15.3. The summed E-state index contributed by atoms with van der Waals surface area (Å²) in [6, 6.07) is 0.833. The molecule has 0 saturated carbocycles. The van der Waals surface area contributed by atoms with Crippen molar-refractivity contribution in [3.05, 3.63) is 22.4 Å². The Kier molecular flexibility index (Phi) is 5.33. The van der Waals surface area contributed by atoms with Crippen molar-refractivity contribution in [3.8, 4) is 0 Å². The number of aromatic nitrogens is 1. The van der Waals surface area contributed by atoms with Crippen LogP contribution >= 0.6 is 0 Å². The first kappa shape index (κ1) is 16.2. The average Bonchev–Trinajstić information content (AvgIpc) is 2.39. The summed E-state index contributed by atoms with van der Waals surface area (Å²) in [5.74, 6) is -0.361. The number of nitrogens with zero attached hydrogens (tertiary/aromatic N) is 2. The molecule has 0 amide bonds. The third-order valence-corrected chi connectivity index (χ3v) is 3.74. The van der Waals surface area contributed by atoms with Crippen LogP contribution in [0, 0.1) is 10.1 Å². The van der Waals surface area contributed by atoms with Gasteiger partial charge in [0.2, 0.25) is 15.8 Å². The lowest BCUT2D eigenvalue weighted by Gasteiger charge is -2.14. The molecule has 0 bridgehead atoms. The minimum Gasteiger partial charge on any atom is -0.378 e. The number of nitrogen functional groups attached to an aromatic ring is 1. The normalized spacial score (nSPS) is 11.8. The van der Waals surface area contributed by atoms with Crippen molar-refractivity contribution in [3.63, 3.8) is 0 Å². The van der Waals surface area contributed by atoms with Gasteiger partial charge in [-0.25, -0.2) is 18.1 Å². The Bertz CT molecular complexity index is 586. The minimum atomic E-state index is -3.98. The molecule has 1 aromatic heterocycles. The highest BCUT2D eigenvalue weighted by Crippen LogP contribution is 2.21. The standard InChI is InChI=1S/C9H14N4O6S/c1-18-8(19-2)5-12-20(16,17)6-3-7(13(14)15)9(10)11-4-6/h3-4,8,12H,5H2,1-2H3,(H2,10,11). The van der Waals surface area contributed by atoms with Crippen molar-refractivity contribution in [1.82, 2.24) is 9.71 Å². The highest BCUT2D eigenvalue weighted by atomic mass is 32.2. The second-order valence-electron chi connectivity index (χ2n) is 3.59. The maximum absolute atomic E-state index is 11.9. The Morgan fingerprint density at radius 3 is 2.60 bits per heavy atom. The van der Waals surface area contributed by atoms with Crippen molar-refractivity contribution >= 4 is 21.5 Å². The number of hydrogen-bond acceptors (Lipinski definition) is 8. The molecule has 0 aromatic carbocycles. The SMILES string of the molecule is COC(CNS(=O)(=O)c1cnc(N)c([N+](=O)[O-])c1)OC. The van der Waals surface area contributed by atoms with Crippen LogP contribution in [0.2, 0.25) is 0 Å². The second-order valence-corrected chi connectivity index (χ2v) is 5.35. The molecule has 0 aliphatic rings. The van der Waals surface area contributed by atoms with Crippen LogP contribution in [0.3, 0.4) is 0 Å². The van der Waals surface area contributed by atoms with E-state index < -0.39 is 26.9 Å². The van der Waals surface area contributed by atoms with E-state index in [-0.39, 0.29) is 17.3 Å². The highest BCUT2D eigenvalue weighted by Gasteiger charge is 2.22. The molecule has 10 nitrogen and oxygen atoms in total. The van der Waals surface area contributed by atoms with Crippen LogP contribution in [0.5, 0.6) is 0 Å². The molecule has 0 fully saturated rings. The van der Waals surface area contributed by atoms with Crippen LogP contribution < -0.4 is 10.5 Å². The summed E-state index contributed by atoms with van der Waals surface area (Å²) in [7, 11) is -1.29. The molecule has 112 valence electrons. The minimum absolute atomic E-state index is 0.159. The lowest BCUT2D eigenvalue weighted by Crippen LogP contribution is -2.34. The molecule has 20 heavy (non-hydrogen) atoms. The summed E-state index contributed by atoms with van der Waals surface area (Å²) in [5.41, 5.74) is 4.71. The summed E-state index contributed by atoms with van der Waals surface area (Å²) < 4.78 is 35.7. The lowest BCUT2D eigenvalue weighted by atomic mass is 10.4. The number of ether oxygens (including phenoxy) is 2. The molecule has 0 aliphatic carbocycles. The molecule has 0 radical (unpaired) electrons. The molecule has 0 spiro atoms. The molecule has 0 unspecified atom stereocenters. The van der Waals surface area contributed by atoms with Gasteiger partial charge in [0.25, 0.3) is 0 Å². The summed E-state index contributed by atoms with van der Waals surface area (Å²) in [6.07, 6.45) is 0.153. The predicted octanol–water partition coefficient (Wildman–Crippen LogP) is -0.531. The van der Waals surface area contributed by atoms with Gasteiger partial charge in [-0.05, 0) is 0 Å². The zero-order valence-corrected chi connectivity index (χ0v) is 11.6. The van der Waals surface area contributed by atoms with E-state index in [1.165, 1.54) is 14.2 Å². The Hall–Kier alpha value is -1.82. The molecule has 3 N–H and O–H groups in total. The van der Waals surface area contributed by atoms with Crippen molar-refractivity contribution < 1.29 is 22.8 Å². The number of rotatable bonds is 7. The topological polar surface area (TPSA) is 147 Å². The molecule has 11 heteroatoms. The lowest BCUT2D eigenvalue weighted by molar-refractivity contribution is -0.384.